The fraction of sp³-hybridized carbons (Fsp3) is 0.500. The van der Waals surface area contributed by atoms with E-state index in [-0.39, 0.29) is 11.2 Å². The lowest BCUT2D eigenvalue weighted by molar-refractivity contribution is 0.652. The third kappa shape index (κ3) is 1.92. The number of aryl methyl sites for hydroxylation is 2. The summed E-state index contributed by atoms with van der Waals surface area (Å²) in [7, 11) is 0. The summed E-state index contributed by atoms with van der Waals surface area (Å²) < 4.78 is 3.53. The maximum Gasteiger partial charge on any atom is 0.328 e. The van der Waals surface area contributed by atoms with Crippen LogP contribution in [0.1, 0.15) is 26.7 Å². The lowest BCUT2D eigenvalue weighted by atomic mass is 10.4. The Hall–Kier alpha value is -1.78. The fourth-order valence-corrected chi connectivity index (χ4v) is 2.13. The highest BCUT2D eigenvalue weighted by Gasteiger charge is 2.10. The van der Waals surface area contributed by atoms with Crippen LogP contribution in [0.4, 0.5) is 0 Å². The summed E-state index contributed by atoms with van der Waals surface area (Å²) in [4.78, 5) is 25.9. The molecule has 2 aromatic heterocycles. The minimum Gasteiger partial charge on any atom is -0.342 e. The molecular weight excluding hydrogens is 218 g/mol. The summed E-state index contributed by atoms with van der Waals surface area (Å²) in [6.45, 7) is 5.48. The van der Waals surface area contributed by atoms with Crippen LogP contribution in [-0.2, 0) is 13.1 Å². The van der Waals surface area contributed by atoms with Gasteiger partial charge >= 0.3 is 5.69 Å². The zero-order valence-electron chi connectivity index (χ0n) is 10.2. The summed E-state index contributed by atoms with van der Waals surface area (Å²) >= 11 is 0. The molecule has 0 fully saturated rings. The quantitative estimate of drug-likeness (QED) is 0.868. The van der Waals surface area contributed by atoms with E-state index < -0.39 is 0 Å². The van der Waals surface area contributed by atoms with E-state index in [9.17, 15) is 9.59 Å². The normalized spacial score (nSPS) is 11.2. The average molecular weight is 235 g/mol. The van der Waals surface area contributed by atoms with Gasteiger partial charge in [0, 0.05) is 19.3 Å². The first-order valence-corrected chi connectivity index (χ1v) is 6.01. The summed E-state index contributed by atoms with van der Waals surface area (Å²) in [6.07, 6.45) is 3.69. The number of nitrogens with zero attached hydrogens (tertiary/aromatic N) is 2. The Morgan fingerprint density at radius 1 is 1.18 bits per heavy atom. The van der Waals surface area contributed by atoms with Crippen LogP contribution < -0.4 is 11.2 Å². The number of hydrogen-bond acceptors (Lipinski definition) is 2. The molecule has 0 aliphatic carbocycles. The molecule has 2 aromatic rings. The van der Waals surface area contributed by atoms with Crippen LogP contribution in [0.25, 0.3) is 11.0 Å². The first-order chi connectivity index (χ1) is 8.19. The molecule has 0 saturated heterocycles. The Morgan fingerprint density at radius 2 is 1.88 bits per heavy atom. The number of aromatic nitrogens is 3. The van der Waals surface area contributed by atoms with Crippen molar-refractivity contribution in [2.45, 2.75) is 39.8 Å². The zero-order valence-corrected chi connectivity index (χ0v) is 10.2. The van der Waals surface area contributed by atoms with Gasteiger partial charge in [-0.15, -0.1) is 0 Å². The molecule has 17 heavy (non-hydrogen) atoms. The van der Waals surface area contributed by atoms with Gasteiger partial charge in [-0.2, -0.15) is 0 Å². The van der Waals surface area contributed by atoms with E-state index in [1.54, 1.807) is 4.57 Å². The molecule has 0 aliphatic heterocycles. The number of hydrogen-bond donors (Lipinski definition) is 1. The third-order valence-electron chi connectivity index (χ3n) is 2.83. The molecular formula is C12H17N3O2. The molecule has 1 N–H and O–H groups in total. The second kappa shape index (κ2) is 4.61. The van der Waals surface area contributed by atoms with E-state index >= 15 is 0 Å². The first kappa shape index (κ1) is 11.7. The SMILES string of the molecule is CCCn1ccc2c1c(=O)[nH]c(=O)n2CCC. The van der Waals surface area contributed by atoms with Crippen molar-refractivity contribution in [3.05, 3.63) is 33.1 Å². The molecule has 2 rings (SSSR count). The standard InChI is InChI=1S/C12H17N3O2/c1-3-6-14-8-5-9-10(14)11(16)13-12(17)15(9)7-4-2/h5,8H,3-4,6-7H2,1-2H3,(H,13,16,17). The molecule has 5 nitrogen and oxygen atoms in total. The zero-order chi connectivity index (χ0) is 12.4. The van der Waals surface area contributed by atoms with Crippen molar-refractivity contribution in [3.8, 4) is 0 Å². The van der Waals surface area contributed by atoms with Gasteiger partial charge in [0.2, 0.25) is 0 Å². The predicted molar refractivity (Wildman–Crippen MR) is 67.4 cm³/mol. The topological polar surface area (TPSA) is 59.8 Å². The number of aromatic amines is 1. The Kier molecular flexibility index (Phi) is 3.17. The van der Waals surface area contributed by atoms with Crippen LogP contribution in [-0.4, -0.2) is 14.1 Å². The molecule has 0 amide bonds. The van der Waals surface area contributed by atoms with Gasteiger partial charge in [0.15, 0.2) is 0 Å². The van der Waals surface area contributed by atoms with Crippen molar-refractivity contribution < 1.29 is 0 Å². The number of nitrogens with one attached hydrogen (secondary N) is 1. The highest BCUT2D eigenvalue weighted by Crippen LogP contribution is 2.10. The largest absolute Gasteiger partial charge is 0.342 e. The second-order valence-corrected chi connectivity index (χ2v) is 4.15. The summed E-state index contributed by atoms with van der Waals surface area (Å²) in [5.74, 6) is 0. The van der Waals surface area contributed by atoms with Gasteiger partial charge in [-0.1, -0.05) is 13.8 Å². The minimum atomic E-state index is -0.321. The average Bonchev–Trinajstić information content (AvgIpc) is 2.69. The Bertz CT molecular complexity index is 633. The van der Waals surface area contributed by atoms with E-state index in [0.717, 1.165) is 24.9 Å². The maximum absolute atomic E-state index is 11.8. The van der Waals surface area contributed by atoms with Gasteiger partial charge < -0.3 is 4.57 Å². The molecule has 5 heteroatoms. The molecule has 0 atom stereocenters. The molecule has 0 aliphatic rings. The molecule has 0 bridgehead atoms. The summed E-state index contributed by atoms with van der Waals surface area (Å²) in [5, 5.41) is 0. The molecule has 0 spiro atoms. The highest BCUT2D eigenvalue weighted by molar-refractivity contribution is 5.75. The third-order valence-corrected chi connectivity index (χ3v) is 2.83. The van der Waals surface area contributed by atoms with E-state index in [2.05, 4.69) is 11.9 Å². The van der Waals surface area contributed by atoms with Crippen LogP contribution >= 0.6 is 0 Å². The lowest BCUT2D eigenvalue weighted by Crippen LogP contribution is -2.30. The van der Waals surface area contributed by atoms with Crippen molar-refractivity contribution in [1.29, 1.82) is 0 Å². The predicted octanol–water partition coefficient (Wildman–Crippen LogP) is 1.31. The molecule has 0 radical (unpaired) electrons. The van der Waals surface area contributed by atoms with Gasteiger partial charge in [0.05, 0.1) is 5.52 Å². The fourth-order valence-electron chi connectivity index (χ4n) is 2.13. The van der Waals surface area contributed by atoms with Crippen LogP contribution in [0, 0.1) is 0 Å². The van der Waals surface area contributed by atoms with E-state index in [0.29, 0.717) is 12.1 Å². The van der Waals surface area contributed by atoms with Crippen LogP contribution in [0.15, 0.2) is 21.9 Å². The summed E-state index contributed by atoms with van der Waals surface area (Å²) in [6, 6.07) is 1.84. The molecule has 0 aromatic carbocycles. The number of rotatable bonds is 4. The monoisotopic (exact) mass is 235 g/mol. The lowest BCUT2D eigenvalue weighted by Gasteiger charge is -2.06. The van der Waals surface area contributed by atoms with Crippen molar-refractivity contribution in [2.75, 3.05) is 0 Å². The number of fused-ring (bicyclic) bond motifs is 1. The van der Waals surface area contributed by atoms with Crippen LogP contribution in [0.5, 0.6) is 0 Å². The van der Waals surface area contributed by atoms with E-state index in [1.807, 2.05) is 23.8 Å². The van der Waals surface area contributed by atoms with Crippen molar-refractivity contribution in [2.24, 2.45) is 0 Å². The Balaban J connectivity index is 2.76. The highest BCUT2D eigenvalue weighted by atomic mass is 16.2. The Labute approximate surface area is 98.7 Å². The molecule has 2 heterocycles. The molecule has 92 valence electrons. The number of H-pyrrole nitrogens is 1. The van der Waals surface area contributed by atoms with Crippen molar-refractivity contribution in [1.82, 2.24) is 14.1 Å². The molecule has 0 saturated carbocycles. The van der Waals surface area contributed by atoms with Gasteiger partial charge in [-0.05, 0) is 18.9 Å². The van der Waals surface area contributed by atoms with Gasteiger partial charge in [0.1, 0.15) is 5.52 Å². The maximum atomic E-state index is 11.8. The Morgan fingerprint density at radius 3 is 2.53 bits per heavy atom. The van der Waals surface area contributed by atoms with Gasteiger partial charge in [-0.3, -0.25) is 14.3 Å². The van der Waals surface area contributed by atoms with Gasteiger partial charge in [0.25, 0.3) is 5.56 Å². The van der Waals surface area contributed by atoms with Crippen LogP contribution in [0.3, 0.4) is 0 Å². The summed E-state index contributed by atoms with van der Waals surface area (Å²) in [5.41, 5.74) is 0.711. The second-order valence-electron chi connectivity index (χ2n) is 4.15. The first-order valence-electron chi connectivity index (χ1n) is 6.01. The smallest absolute Gasteiger partial charge is 0.328 e. The van der Waals surface area contributed by atoms with Crippen molar-refractivity contribution in [3.63, 3.8) is 0 Å². The van der Waals surface area contributed by atoms with E-state index in [4.69, 9.17) is 0 Å². The van der Waals surface area contributed by atoms with Crippen LogP contribution in [0.2, 0.25) is 0 Å². The van der Waals surface area contributed by atoms with Crippen molar-refractivity contribution >= 4 is 11.0 Å². The van der Waals surface area contributed by atoms with Gasteiger partial charge in [-0.25, -0.2) is 4.79 Å². The molecule has 0 unspecified atom stereocenters. The van der Waals surface area contributed by atoms with E-state index in [1.165, 1.54) is 0 Å². The minimum absolute atomic E-state index is 0.296.